The molecule has 1 rings (SSSR count). The Morgan fingerprint density at radius 2 is 1.94 bits per heavy atom. The summed E-state index contributed by atoms with van der Waals surface area (Å²) < 4.78 is 4.58. The first-order chi connectivity index (χ1) is 8.30. The van der Waals surface area contributed by atoms with Crippen LogP contribution in [0.3, 0.4) is 0 Å². The molecule has 0 aromatic rings. The molecule has 1 aliphatic rings. The third-order valence-corrected chi connectivity index (χ3v) is 2.98. The van der Waals surface area contributed by atoms with Crippen molar-refractivity contribution in [1.82, 2.24) is 0 Å². The fraction of sp³-hybridized carbons (Fsp3) is 0.786. The number of nitrogens with two attached hydrogens (primary N) is 2. The maximum atomic E-state index is 10.0. The molecule has 1 fully saturated rings. The maximum absolute atomic E-state index is 10.0. The maximum Gasteiger partial charge on any atom is 0.405 e. The topological polar surface area (TPSA) is 78.3 Å². The van der Waals surface area contributed by atoms with E-state index in [9.17, 15) is 4.79 Å². The number of rotatable bonds is 2. The third-order valence-electron chi connectivity index (χ3n) is 2.98. The Balaban J connectivity index is 0.000000331. The van der Waals surface area contributed by atoms with E-state index < -0.39 is 11.7 Å². The van der Waals surface area contributed by atoms with Crippen molar-refractivity contribution in [1.29, 1.82) is 0 Å². The van der Waals surface area contributed by atoms with Crippen LogP contribution in [0.5, 0.6) is 0 Å². The molecule has 0 saturated heterocycles. The molecule has 4 N–H and O–H groups in total. The van der Waals surface area contributed by atoms with E-state index in [1.165, 1.54) is 25.7 Å². The molecule has 0 aliphatic heterocycles. The van der Waals surface area contributed by atoms with Crippen LogP contribution in [0.2, 0.25) is 0 Å². The second kappa shape index (κ2) is 8.14. The molecule has 0 spiro atoms. The van der Waals surface area contributed by atoms with Crippen molar-refractivity contribution in [2.24, 2.45) is 23.3 Å². The van der Waals surface area contributed by atoms with Crippen LogP contribution in [-0.2, 0) is 4.74 Å². The van der Waals surface area contributed by atoms with Crippen LogP contribution in [0.15, 0.2) is 12.7 Å². The first kappa shape index (κ1) is 17.0. The Hall–Kier alpha value is -1.03. The van der Waals surface area contributed by atoms with Gasteiger partial charge in [-0.05, 0) is 52.0 Å². The monoisotopic (exact) mass is 256 g/mol. The van der Waals surface area contributed by atoms with Crippen molar-refractivity contribution < 1.29 is 9.53 Å². The number of carbonyl (C=O) groups excluding carboxylic acids is 1. The summed E-state index contributed by atoms with van der Waals surface area (Å²) in [7, 11) is 0. The summed E-state index contributed by atoms with van der Waals surface area (Å²) in [6.45, 7) is 9.96. The highest BCUT2D eigenvalue weighted by atomic mass is 16.6. The molecule has 1 saturated carbocycles. The van der Waals surface area contributed by atoms with Crippen LogP contribution in [0.25, 0.3) is 0 Å². The number of allylic oxidation sites excluding steroid dienone is 1. The minimum absolute atomic E-state index is 0.453. The van der Waals surface area contributed by atoms with Gasteiger partial charge in [-0.3, -0.25) is 0 Å². The van der Waals surface area contributed by atoms with Gasteiger partial charge in [0.1, 0.15) is 5.60 Å². The van der Waals surface area contributed by atoms with Crippen molar-refractivity contribution in [2.75, 3.05) is 6.54 Å². The number of hydrogen-bond acceptors (Lipinski definition) is 3. The first-order valence-corrected chi connectivity index (χ1v) is 6.61. The molecule has 1 unspecified atom stereocenters. The molecule has 2 atom stereocenters. The molecular weight excluding hydrogens is 228 g/mol. The SMILES string of the molecule is C=C[C@@H]1CCCCC1CN.CC(C)(C)OC(N)=O. The summed E-state index contributed by atoms with van der Waals surface area (Å²) in [6.07, 6.45) is 6.71. The van der Waals surface area contributed by atoms with Gasteiger partial charge >= 0.3 is 6.09 Å². The molecule has 0 radical (unpaired) electrons. The predicted molar refractivity (Wildman–Crippen MR) is 75.1 cm³/mol. The highest BCUT2D eigenvalue weighted by Crippen LogP contribution is 2.29. The van der Waals surface area contributed by atoms with E-state index in [0.29, 0.717) is 5.92 Å². The average Bonchev–Trinajstić information content (AvgIpc) is 2.26. The zero-order valence-electron chi connectivity index (χ0n) is 11.9. The first-order valence-electron chi connectivity index (χ1n) is 6.61. The zero-order chi connectivity index (χ0) is 14.2. The second-order valence-electron chi connectivity index (χ2n) is 5.71. The zero-order valence-corrected chi connectivity index (χ0v) is 11.9. The molecule has 0 aromatic heterocycles. The second-order valence-corrected chi connectivity index (χ2v) is 5.71. The van der Waals surface area contributed by atoms with Crippen molar-refractivity contribution in [3.63, 3.8) is 0 Å². The Morgan fingerprint density at radius 1 is 1.39 bits per heavy atom. The van der Waals surface area contributed by atoms with Crippen LogP contribution >= 0.6 is 0 Å². The fourth-order valence-corrected chi connectivity index (χ4v) is 2.14. The number of ether oxygens (including phenoxy) is 1. The predicted octanol–water partition coefficient (Wildman–Crippen LogP) is 2.82. The number of carbonyl (C=O) groups is 1. The Labute approximate surface area is 111 Å². The number of amides is 1. The molecule has 0 aromatic carbocycles. The molecule has 0 bridgehead atoms. The lowest BCUT2D eigenvalue weighted by molar-refractivity contribution is 0.0600. The minimum Gasteiger partial charge on any atom is -0.444 e. The molecule has 106 valence electrons. The highest BCUT2D eigenvalue weighted by Gasteiger charge is 2.20. The molecule has 4 nitrogen and oxygen atoms in total. The van der Waals surface area contributed by atoms with Crippen LogP contribution in [0, 0.1) is 11.8 Å². The summed E-state index contributed by atoms with van der Waals surface area (Å²) in [4.78, 5) is 10.0. The lowest BCUT2D eigenvalue weighted by Gasteiger charge is -2.27. The van der Waals surface area contributed by atoms with Gasteiger partial charge in [0.05, 0.1) is 0 Å². The molecule has 1 aliphatic carbocycles. The van der Waals surface area contributed by atoms with Gasteiger partial charge in [0, 0.05) is 0 Å². The van der Waals surface area contributed by atoms with E-state index in [1.807, 2.05) is 0 Å². The quantitative estimate of drug-likeness (QED) is 0.746. The van der Waals surface area contributed by atoms with E-state index >= 15 is 0 Å². The van der Waals surface area contributed by atoms with E-state index in [0.717, 1.165) is 12.5 Å². The van der Waals surface area contributed by atoms with E-state index in [-0.39, 0.29) is 0 Å². The largest absolute Gasteiger partial charge is 0.444 e. The molecule has 18 heavy (non-hydrogen) atoms. The summed E-state index contributed by atoms with van der Waals surface area (Å²) >= 11 is 0. The third kappa shape index (κ3) is 8.12. The summed E-state index contributed by atoms with van der Waals surface area (Å²) in [5.41, 5.74) is 9.89. The van der Waals surface area contributed by atoms with Gasteiger partial charge in [-0.2, -0.15) is 0 Å². The molecular formula is C14H28N2O2. The standard InChI is InChI=1S/C9H17N.C5H11NO2/c1-2-8-5-3-4-6-9(8)7-10;1-5(2,3)8-4(6)7/h2,8-9H,1,3-7,10H2;1-3H3,(H2,6,7)/t8-,9?;/m1./s1. The van der Waals surface area contributed by atoms with Crippen molar-refractivity contribution >= 4 is 6.09 Å². The van der Waals surface area contributed by atoms with Gasteiger partial charge in [0.2, 0.25) is 0 Å². The van der Waals surface area contributed by atoms with Crippen LogP contribution in [0.4, 0.5) is 4.79 Å². The van der Waals surface area contributed by atoms with Crippen molar-refractivity contribution in [3.8, 4) is 0 Å². The Kier molecular flexibility index (Phi) is 7.67. The molecule has 4 heteroatoms. The highest BCUT2D eigenvalue weighted by molar-refractivity contribution is 5.65. The molecule has 1 amide bonds. The summed E-state index contributed by atoms with van der Waals surface area (Å²) in [5, 5.41) is 0. The van der Waals surface area contributed by atoms with E-state index in [1.54, 1.807) is 20.8 Å². The van der Waals surface area contributed by atoms with Crippen molar-refractivity contribution in [2.45, 2.75) is 52.1 Å². The number of hydrogen-bond donors (Lipinski definition) is 2. The molecule has 0 heterocycles. The lowest BCUT2D eigenvalue weighted by atomic mass is 9.79. The van der Waals surface area contributed by atoms with Gasteiger partial charge in [0.15, 0.2) is 0 Å². The smallest absolute Gasteiger partial charge is 0.405 e. The Morgan fingerprint density at radius 3 is 2.22 bits per heavy atom. The van der Waals surface area contributed by atoms with Crippen LogP contribution < -0.4 is 11.5 Å². The fourth-order valence-electron chi connectivity index (χ4n) is 2.14. The lowest BCUT2D eigenvalue weighted by Crippen LogP contribution is -2.27. The van der Waals surface area contributed by atoms with E-state index in [2.05, 4.69) is 17.4 Å². The summed E-state index contributed by atoms with van der Waals surface area (Å²) in [6, 6.07) is 0. The summed E-state index contributed by atoms with van der Waals surface area (Å²) in [5.74, 6) is 1.44. The van der Waals surface area contributed by atoms with Crippen LogP contribution in [0.1, 0.15) is 46.5 Å². The van der Waals surface area contributed by atoms with Gasteiger partial charge in [-0.1, -0.05) is 18.9 Å². The van der Waals surface area contributed by atoms with E-state index in [4.69, 9.17) is 11.5 Å². The van der Waals surface area contributed by atoms with Gasteiger partial charge in [0.25, 0.3) is 0 Å². The Bertz CT molecular complexity index is 259. The van der Waals surface area contributed by atoms with Gasteiger partial charge in [-0.25, -0.2) is 4.79 Å². The minimum atomic E-state index is -0.725. The van der Waals surface area contributed by atoms with Gasteiger partial charge < -0.3 is 16.2 Å². The van der Waals surface area contributed by atoms with Crippen molar-refractivity contribution in [3.05, 3.63) is 12.7 Å². The van der Waals surface area contributed by atoms with Crippen LogP contribution in [-0.4, -0.2) is 18.2 Å². The van der Waals surface area contributed by atoms with Gasteiger partial charge in [-0.15, -0.1) is 6.58 Å². The number of primary amides is 1. The normalized spacial score (nSPS) is 23.6. The average molecular weight is 256 g/mol.